The molecule has 0 radical (unpaired) electrons. The normalized spacial score (nSPS) is 12.0. The Morgan fingerprint density at radius 3 is 2.30 bits per heavy atom. The second-order valence-electron chi connectivity index (χ2n) is 4.75. The van der Waals surface area contributed by atoms with Crippen LogP contribution in [0.5, 0.6) is 5.75 Å². The van der Waals surface area contributed by atoms with Gasteiger partial charge in [-0.1, -0.05) is 35.4 Å². The first-order valence-electron chi connectivity index (χ1n) is 6.82. The smallest absolute Gasteiger partial charge is 0.360 e. The second-order valence-corrected chi connectivity index (χ2v) is 4.75. The van der Waals surface area contributed by atoms with Gasteiger partial charge in [0, 0.05) is 6.42 Å². The van der Waals surface area contributed by atoms with E-state index in [0.717, 1.165) is 0 Å². The summed E-state index contributed by atoms with van der Waals surface area (Å²) in [5.74, 6) is -1.09. The van der Waals surface area contributed by atoms with E-state index in [-0.39, 0.29) is 12.2 Å². The number of aromatic hydroxyl groups is 1. The predicted molar refractivity (Wildman–Crippen MR) is 82.7 cm³/mol. The van der Waals surface area contributed by atoms with Gasteiger partial charge in [0.15, 0.2) is 0 Å². The molecule has 0 fully saturated rings. The number of nitrogens with one attached hydrogen (secondary N) is 1. The predicted octanol–water partition coefficient (Wildman–Crippen LogP) is 2.88. The SMILES string of the molecule is O=C(N=Nc1ccccc1)NC(Cc1ccc(O)cc1)C(=O)O. The van der Waals surface area contributed by atoms with Crippen molar-refractivity contribution in [3.8, 4) is 5.75 Å². The fourth-order valence-electron chi connectivity index (χ4n) is 1.84. The van der Waals surface area contributed by atoms with Crippen molar-refractivity contribution in [2.24, 2.45) is 10.2 Å². The largest absolute Gasteiger partial charge is 0.508 e. The van der Waals surface area contributed by atoms with E-state index in [1.54, 1.807) is 42.5 Å². The minimum atomic E-state index is -1.18. The quantitative estimate of drug-likeness (QED) is 0.737. The van der Waals surface area contributed by atoms with E-state index in [4.69, 9.17) is 0 Å². The Kier molecular flexibility index (Phi) is 5.40. The van der Waals surface area contributed by atoms with Gasteiger partial charge < -0.3 is 15.5 Å². The van der Waals surface area contributed by atoms with Crippen molar-refractivity contribution in [2.75, 3.05) is 0 Å². The molecule has 3 N–H and O–H groups in total. The summed E-state index contributed by atoms with van der Waals surface area (Å²) in [5, 5.41) is 27.9. The van der Waals surface area contributed by atoms with Crippen LogP contribution in [-0.2, 0) is 11.2 Å². The van der Waals surface area contributed by atoms with Crippen LogP contribution in [0.15, 0.2) is 64.8 Å². The van der Waals surface area contributed by atoms with Gasteiger partial charge in [-0.25, -0.2) is 9.59 Å². The molecule has 1 unspecified atom stereocenters. The molecule has 0 heterocycles. The first kappa shape index (κ1) is 16.2. The third kappa shape index (κ3) is 5.24. The maximum Gasteiger partial charge on any atom is 0.360 e. The maximum absolute atomic E-state index is 11.7. The topological polar surface area (TPSA) is 111 Å². The molecule has 0 aliphatic rings. The number of benzene rings is 2. The van der Waals surface area contributed by atoms with Crippen molar-refractivity contribution < 1.29 is 19.8 Å². The highest BCUT2D eigenvalue weighted by Crippen LogP contribution is 2.12. The van der Waals surface area contributed by atoms with Gasteiger partial charge in [0.05, 0.1) is 5.69 Å². The second kappa shape index (κ2) is 7.69. The molecule has 2 amide bonds. The molecule has 7 heteroatoms. The molecule has 1 atom stereocenters. The van der Waals surface area contributed by atoms with E-state index in [0.29, 0.717) is 11.3 Å². The summed E-state index contributed by atoms with van der Waals surface area (Å²) in [6, 6.07) is 12.7. The van der Waals surface area contributed by atoms with Crippen molar-refractivity contribution in [1.82, 2.24) is 5.32 Å². The molecule has 0 bridgehead atoms. The van der Waals surface area contributed by atoms with E-state index in [2.05, 4.69) is 15.5 Å². The van der Waals surface area contributed by atoms with Crippen LogP contribution in [0.3, 0.4) is 0 Å². The monoisotopic (exact) mass is 313 g/mol. The summed E-state index contributed by atoms with van der Waals surface area (Å²) in [6.45, 7) is 0. The summed E-state index contributed by atoms with van der Waals surface area (Å²) >= 11 is 0. The Labute approximate surface area is 132 Å². The highest BCUT2D eigenvalue weighted by atomic mass is 16.4. The van der Waals surface area contributed by atoms with Crippen LogP contribution in [0.4, 0.5) is 10.5 Å². The molecule has 2 aromatic rings. The van der Waals surface area contributed by atoms with Gasteiger partial charge in [0.25, 0.3) is 0 Å². The lowest BCUT2D eigenvalue weighted by Crippen LogP contribution is -2.40. The van der Waals surface area contributed by atoms with Crippen LogP contribution < -0.4 is 5.32 Å². The summed E-state index contributed by atoms with van der Waals surface area (Å²) < 4.78 is 0. The van der Waals surface area contributed by atoms with Crippen LogP contribution in [0.2, 0.25) is 0 Å². The molecule has 7 nitrogen and oxygen atoms in total. The molecule has 0 aliphatic heterocycles. The number of carboxylic acid groups (broad SMARTS) is 1. The molecule has 0 aliphatic carbocycles. The molecule has 0 saturated heterocycles. The standard InChI is InChI=1S/C16H15N3O4/c20-13-8-6-11(7-9-13)10-14(15(21)22)17-16(23)19-18-12-4-2-1-3-5-12/h1-9,14,20H,10H2,(H,17,23)(H,21,22). The molecule has 0 spiro atoms. The third-order valence-electron chi connectivity index (χ3n) is 2.98. The molecular weight excluding hydrogens is 298 g/mol. The number of phenolic OH excluding ortho intramolecular Hbond substituents is 1. The number of nitrogens with zero attached hydrogens (tertiary/aromatic N) is 2. The Morgan fingerprint density at radius 1 is 1.04 bits per heavy atom. The average molecular weight is 313 g/mol. The number of azo groups is 1. The number of urea groups is 1. The zero-order valence-corrected chi connectivity index (χ0v) is 12.1. The van der Waals surface area contributed by atoms with E-state index in [1.807, 2.05) is 0 Å². The van der Waals surface area contributed by atoms with Crippen molar-refractivity contribution in [3.05, 3.63) is 60.2 Å². The number of aliphatic carboxylic acids is 1. The Balaban J connectivity index is 1.98. The Bertz CT molecular complexity index is 699. The number of carbonyl (C=O) groups is 2. The molecule has 2 rings (SSSR count). The summed E-state index contributed by atoms with van der Waals surface area (Å²) in [4.78, 5) is 22.9. The van der Waals surface area contributed by atoms with Gasteiger partial charge in [0.2, 0.25) is 0 Å². The molecule has 2 aromatic carbocycles. The number of hydrogen-bond donors (Lipinski definition) is 3. The van der Waals surface area contributed by atoms with Gasteiger partial charge in [-0.2, -0.15) is 0 Å². The molecule has 0 saturated carbocycles. The van der Waals surface area contributed by atoms with Gasteiger partial charge in [-0.05, 0) is 29.8 Å². The maximum atomic E-state index is 11.7. The average Bonchev–Trinajstić information content (AvgIpc) is 2.55. The van der Waals surface area contributed by atoms with Crippen LogP contribution in [0.1, 0.15) is 5.56 Å². The number of carboxylic acids is 1. The lowest BCUT2D eigenvalue weighted by molar-refractivity contribution is -0.139. The van der Waals surface area contributed by atoms with E-state index in [1.165, 1.54) is 12.1 Å². The van der Waals surface area contributed by atoms with Crippen LogP contribution >= 0.6 is 0 Å². The van der Waals surface area contributed by atoms with Crippen LogP contribution in [-0.4, -0.2) is 28.3 Å². The fraction of sp³-hybridized carbons (Fsp3) is 0.125. The summed E-state index contributed by atoms with van der Waals surface area (Å²) in [6.07, 6.45) is 0.0716. The van der Waals surface area contributed by atoms with Crippen molar-refractivity contribution in [1.29, 1.82) is 0 Å². The minimum absolute atomic E-state index is 0.0716. The Morgan fingerprint density at radius 2 is 1.70 bits per heavy atom. The van der Waals surface area contributed by atoms with E-state index >= 15 is 0 Å². The zero-order valence-electron chi connectivity index (χ0n) is 12.1. The summed E-state index contributed by atoms with van der Waals surface area (Å²) in [7, 11) is 0. The molecule has 0 aromatic heterocycles. The molecule has 23 heavy (non-hydrogen) atoms. The van der Waals surface area contributed by atoms with Gasteiger partial charge in [-0.3, -0.25) is 0 Å². The van der Waals surface area contributed by atoms with Crippen molar-refractivity contribution >= 4 is 17.7 Å². The molecular formula is C16H15N3O4. The third-order valence-corrected chi connectivity index (χ3v) is 2.98. The van der Waals surface area contributed by atoms with Crippen molar-refractivity contribution in [3.63, 3.8) is 0 Å². The zero-order chi connectivity index (χ0) is 16.7. The molecule has 118 valence electrons. The number of hydrogen-bond acceptors (Lipinski definition) is 4. The van der Waals surface area contributed by atoms with Gasteiger partial charge in [0.1, 0.15) is 11.8 Å². The van der Waals surface area contributed by atoms with Crippen LogP contribution in [0, 0.1) is 0 Å². The van der Waals surface area contributed by atoms with Crippen molar-refractivity contribution in [2.45, 2.75) is 12.5 Å². The van der Waals surface area contributed by atoms with E-state index < -0.39 is 18.0 Å². The van der Waals surface area contributed by atoms with E-state index in [9.17, 15) is 19.8 Å². The highest BCUT2D eigenvalue weighted by Gasteiger charge is 2.20. The first-order valence-corrected chi connectivity index (χ1v) is 6.82. The van der Waals surface area contributed by atoms with Gasteiger partial charge in [-0.15, -0.1) is 5.11 Å². The first-order chi connectivity index (χ1) is 11.0. The number of rotatable bonds is 5. The lowest BCUT2D eigenvalue weighted by Gasteiger charge is -2.12. The number of amides is 2. The highest BCUT2D eigenvalue weighted by molar-refractivity contribution is 5.83. The van der Waals surface area contributed by atoms with Gasteiger partial charge >= 0.3 is 12.0 Å². The summed E-state index contributed by atoms with van der Waals surface area (Å²) in [5.41, 5.74) is 1.16. The minimum Gasteiger partial charge on any atom is -0.508 e. The Hall–Kier alpha value is -3.22. The lowest BCUT2D eigenvalue weighted by atomic mass is 10.1. The van der Waals surface area contributed by atoms with Crippen LogP contribution in [0.25, 0.3) is 0 Å². The number of carbonyl (C=O) groups excluding carboxylic acids is 1. The number of phenols is 1. The fourth-order valence-corrected chi connectivity index (χ4v) is 1.84.